The highest BCUT2D eigenvalue weighted by molar-refractivity contribution is 6.49. The van der Waals surface area contributed by atoms with Gasteiger partial charge in [-0.25, -0.2) is 13.8 Å². The lowest BCUT2D eigenvalue weighted by Gasteiger charge is -2.12. The second kappa shape index (κ2) is 9.21. The number of hydrogen-bond acceptors (Lipinski definition) is 5. The second-order valence-corrected chi connectivity index (χ2v) is 6.17. The molecule has 1 heterocycles. The molecule has 142 valence electrons. The Morgan fingerprint density at radius 2 is 1.96 bits per heavy atom. The average molecular weight is 436 g/mol. The molecule has 1 aromatic heterocycles. The molecule has 0 aliphatic heterocycles. The third-order valence-electron chi connectivity index (χ3n) is 3.28. The van der Waals surface area contributed by atoms with Crippen LogP contribution in [-0.4, -0.2) is 29.6 Å². The summed E-state index contributed by atoms with van der Waals surface area (Å²) < 4.78 is 31.5. The number of benzene rings is 1. The van der Waals surface area contributed by atoms with Crippen LogP contribution >= 0.6 is 34.8 Å². The van der Waals surface area contributed by atoms with Gasteiger partial charge in [-0.1, -0.05) is 34.8 Å². The van der Waals surface area contributed by atoms with Crippen LogP contribution in [0.3, 0.4) is 0 Å². The minimum absolute atomic E-state index is 0.00524. The van der Waals surface area contributed by atoms with Crippen molar-refractivity contribution in [3.63, 3.8) is 0 Å². The molecule has 0 N–H and O–H groups in total. The van der Waals surface area contributed by atoms with Gasteiger partial charge in [0.15, 0.2) is 17.5 Å². The number of halogens is 5. The molecule has 1 atom stereocenters. The number of ketones is 1. The lowest BCUT2D eigenvalue weighted by molar-refractivity contribution is -0.143. The Morgan fingerprint density at radius 1 is 1.26 bits per heavy atom. The summed E-state index contributed by atoms with van der Waals surface area (Å²) in [7, 11) is 0. The third-order valence-corrected chi connectivity index (χ3v) is 4.52. The van der Waals surface area contributed by atoms with E-state index in [4.69, 9.17) is 39.5 Å². The quantitative estimate of drug-likeness (QED) is 0.208. The Morgan fingerprint density at radius 3 is 2.59 bits per heavy atom. The first-order valence-electron chi connectivity index (χ1n) is 7.45. The number of carbonyl (C=O) groups is 2. The monoisotopic (exact) mass is 434 g/mol. The SMILES string of the molecule is CCOC(=O)C(C=Nc1ccc(F)cc1F)C(=O)c1cnc(Cl)c(Cl)c1Cl. The molecule has 2 aromatic rings. The van der Waals surface area contributed by atoms with E-state index >= 15 is 0 Å². The zero-order chi connectivity index (χ0) is 20.1. The molecule has 0 radical (unpaired) electrons. The van der Waals surface area contributed by atoms with E-state index < -0.39 is 29.3 Å². The fourth-order valence-corrected chi connectivity index (χ4v) is 2.56. The van der Waals surface area contributed by atoms with Crippen molar-refractivity contribution in [3.8, 4) is 0 Å². The number of aliphatic imine (C=N–C) groups is 1. The minimum Gasteiger partial charge on any atom is -0.465 e. The number of Topliss-reactive ketones (excluding diaryl/α,β-unsaturated/α-hetero) is 1. The van der Waals surface area contributed by atoms with E-state index in [-0.39, 0.29) is 33.1 Å². The first-order chi connectivity index (χ1) is 12.8. The number of esters is 1. The van der Waals surface area contributed by atoms with Gasteiger partial charge in [0.2, 0.25) is 0 Å². The van der Waals surface area contributed by atoms with Crippen LogP contribution in [0.4, 0.5) is 14.5 Å². The molecule has 0 fully saturated rings. The Bertz CT molecular complexity index is 923. The zero-order valence-electron chi connectivity index (χ0n) is 13.7. The van der Waals surface area contributed by atoms with Gasteiger partial charge < -0.3 is 4.74 Å². The van der Waals surface area contributed by atoms with Crippen molar-refractivity contribution in [3.05, 3.63) is 56.8 Å². The molecule has 10 heteroatoms. The fraction of sp³-hybridized carbons (Fsp3) is 0.176. The van der Waals surface area contributed by atoms with Crippen LogP contribution in [0.25, 0.3) is 0 Å². The number of pyridine rings is 1. The van der Waals surface area contributed by atoms with Gasteiger partial charge >= 0.3 is 5.97 Å². The van der Waals surface area contributed by atoms with Crippen LogP contribution in [0, 0.1) is 17.6 Å². The van der Waals surface area contributed by atoms with E-state index in [9.17, 15) is 18.4 Å². The van der Waals surface area contributed by atoms with Crippen molar-refractivity contribution >= 4 is 58.5 Å². The summed E-state index contributed by atoms with van der Waals surface area (Å²) in [6.45, 7) is 1.54. The lowest BCUT2D eigenvalue weighted by atomic mass is 10.00. The fourth-order valence-electron chi connectivity index (χ4n) is 1.99. The summed E-state index contributed by atoms with van der Waals surface area (Å²) >= 11 is 17.6. The summed E-state index contributed by atoms with van der Waals surface area (Å²) in [5, 5.41) is -0.474. The molecule has 0 spiro atoms. The van der Waals surface area contributed by atoms with Crippen LogP contribution in [0.2, 0.25) is 15.2 Å². The van der Waals surface area contributed by atoms with Crippen LogP contribution in [0.1, 0.15) is 17.3 Å². The molecule has 0 aliphatic rings. The van der Waals surface area contributed by atoms with E-state index in [2.05, 4.69) is 9.98 Å². The average Bonchev–Trinajstić information content (AvgIpc) is 2.61. The molecule has 0 saturated heterocycles. The highest BCUT2D eigenvalue weighted by atomic mass is 35.5. The Hall–Kier alpha value is -2.09. The van der Waals surface area contributed by atoms with Crippen molar-refractivity contribution in [1.82, 2.24) is 4.98 Å². The second-order valence-electron chi connectivity index (χ2n) is 5.06. The van der Waals surface area contributed by atoms with E-state index in [1.807, 2.05) is 0 Å². The van der Waals surface area contributed by atoms with E-state index in [0.717, 1.165) is 24.5 Å². The molecular formula is C17H11Cl3F2N2O3. The molecule has 5 nitrogen and oxygen atoms in total. The summed E-state index contributed by atoms with van der Waals surface area (Å²) in [5.41, 5.74) is -0.452. The van der Waals surface area contributed by atoms with E-state index in [1.54, 1.807) is 6.92 Å². The molecular weight excluding hydrogens is 425 g/mol. The highest BCUT2D eigenvalue weighted by Crippen LogP contribution is 2.32. The van der Waals surface area contributed by atoms with Crippen molar-refractivity contribution in [2.45, 2.75) is 6.92 Å². The molecule has 0 amide bonds. The van der Waals surface area contributed by atoms with Crippen LogP contribution in [0.15, 0.2) is 29.4 Å². The summed E-state index contributed by atoms with van der Waals surface area (Å²) in [5.74, 6) is -5.06. The number of nitrogens with zero attached hydrogens (tertiary/aromatic N) is 2. The predicted molar refractivity (Wildman–Crippen MR) is 98.2 cm³/mol. The number of carbonyl (C=O) groups excluding carboxylic acids is 2. The molecule has 2 rings (SSSR count). The minimum atomic E-state index is -1.55. The first kappa shape index (κ1) is 21.2. The lowest BCUT2D eigenvalue weighted by Crippen LogP contribution is -2.28. The van der Waals surface area contributed by atoms with Crippen LogP contribution in [-0.2, 0) is 9.53 Å². The van der Waals surface area contributed by atoms with Crippen molar-refractivity contribution in [1.29, 1.82) is 0 Å². The largest absolute Gasteiger partial charge is 0.465 e. The Balaban J connectivity index is 2.42. The summed E-state index contributed by atoms with van der Waals surface area (Å²) in [6, 6.07) is 2.66. The maximum absolute atomic E-state index is 13.7. The van der Waals surface area contributed by atoms with E-state index in [1.165, 1.54) is 0 Å². The van der Waals surface area contributed by atoms with Gasteiger partial charge in [-0.3, -0.25) is 14.6 Å². The Labute approximate surface area is 167 Å². The molecule has 1 unspecified atom stereocenters. The molecule has 1 aromatic carbocycles. The molecule has 0 bridgehead atoms. The van der Waals surface area contributed by atoms with Crippen molar-refractivity contribution < 1.29 is 23.1 Å². The zero-order valence-corrected chi connectivity index (χ0v) is 15.9. The normalized spacial score (nSPS) is 12.2. The van der Waals surface area contributed by atoms with Gasteiger partial charge in [0.05, 0.1) is 27.9 Å². The van der Waals surface area contributed by atoms with Crippen LogP contribution < -0.4 is 0 Å². The topological polar surface area (TPSA) is 68.6 Å². The number of hydrogen-bond donors (Lipinski definition) is 0. The van der Waals surface area contributed by atoms with Gasteiger partial charge in [-0.2, -0.15) is 0 Å². The van der Waals surface area contributed by atoms with Gasteiger partial charge in [-0.15, -0.1) is 0 Å². The van der Waals surface area contributed by atoms with Gasteiger partial charge in [0.25, 0.3) is 0 Å². The number of ether oxygens (including phenoxy) is 1. The van der Waals surface area contributed by atoms with Crippen LogP contribution in [0.5, 0.6) is 0 Å². The third kappa shape index (κ3) is 5.00. The predicted octanol–water partition coefficient (Wildman–Crippen LogP) is 5.08. The van der Waals surface area contributed by atoms with Crippen molar-refractivity contribution in [2.75, 3.05) is 6.61 Å². The van der Waals surface area contributed by atoms with Crippen molar-refractivity contribution in [2.24, 2.45) is 10.9 Å². The van der Waals surface area contributed by atoms with E-state index in [0.29, 0.717) is 6.07 Å². The molecule has 27 heavy (non-hydrogen) atoms. The van der Waals surface area contributed by atoms with Gasteiger partial charge in [0, 0.05) is 18.5 Å². The number of aromatic nitrogens is 1. The maximum Gasteiger partial charge on any atom is 0.322 e. The van der Waals surface area contributed by atoms with Gasteiger partial charge in [-0.05, 0) is 19.1 Å². The maximum atomic E-state index is 13.7. The molecule has 0 saturated carbocycles. The Kier molecular flexibility index (Phi) is 7.24. The summed E-state index contributed by atoms with van der Waals surface area (Å²) in [4.78, 5) is 32.4. The first-order valence-corrected chi connectivity index (χ1v) is 8.59. The van der Waals surface area contributed by atoms with Gasteiger partial charge in [0.1, 0.15) is 11.0 Å². The highest BCUT2D eigenvalue weighted by Gasteiger charge is 2.30. The number of rotatable bonds is 6. The smallest absolute Gasteiger partial charge is 0.322 e. The molecule has 0 aliphatic carbocycles. The standard InChI is InChI=1S/C17H11Cl3F2N2O3/c1-2-27-17(26)10(7-23-12-4-3-8(21)5-11(12)22)15(25)9-6-24-16(20)14(19)13(9)18/h3-7,10H,2H2,1H3. The summed E-state index contributed by atoms with van der Waals surface area (Å²) in [6.07, 6.45) is 1.94.